The van der Waals surface area contributed by atoms with Crippen LogP contribution in [0.25, 0.3) is 10.9 Å². The Morgan fingerprint density at radius 3 is 2.19 bits per heavy atom. The highest BCUT2D eigenvalue weighted by Crippen LogP contribution is 2.37. The van der Waals surface area contributed by atoms with Crippen LogP contribution in [0.15, 0.2) is 18.2 Å². The van der Waals surface area contributed by atoms with Crippen molar-refractivity contribution in [2.24, 2.45) is 7.05 Å². The van der Waals surface area contributed by atoms with Crippen molar-refractivity contribution < 1.29 is 9.31 Å². The third-order valence-electron chi connectivity index (χ3n) is 6.18. The number of aryl methyl sites for hydroxylation is 1. The second kappa shape index (κ2) is 5.97. The molecule has 0 aliphatic carbocycles. The lowest BCUT2D eigenvalue weighted by molar-refractivity contribution is 0.00578. The maximum Gasteiger partial charge on any atom is 0.494 e. The fourth-order valence-electron chi connectivity index (χ4n) is 3.64. The summed E-state index contributed by atoms with van der Waals surface area (Å²) in [5, 5.41) is 5.98. The molecule has 0 spiro atoms. The van der Waals surface area contributed by atoms with Crippen molar-refractivity contribution in [1.82, 2.24) is 14.7 Å². The van der Waals surface area contributed by atoms with Crippen molar-refractivity contribution in [3.63, 3.8) is 0 Å². The van der Waals surface area contributed by atoms with Gasteiger partial charge in [-0.15, -0.1) is 0 Å². The average molecular weight is 356 g/mol. The minimum atomic E-state index is -0.343. The van der Waals surface area contributed by atoms with Gasteiger partial charge in [0.1, 0.15) is 0 Å². The van der Waals surface area contributed by atoms with Crippen molar-refractivity contribution in [2.75, 3.05) is 38.1 Å². The Kier molecular flexibility index (Phi) is 4.10. The second-order valence-corrected chi connectivity index (χ2v) is 8.60. The fourth-order valence-corrected chi connectivity index (χ4v) is 3.64. The molecule has 0 bridgehead atoms. The lowest BCUT2D eigenvalue weighted by Gasteiger charge is -2.32. The van der Waals surface area contributed by atoms with Crippen LogP contribution in [-0.2, 0) is 16.4 Å². The molecule has 0 atom stereocenters. The zero-order valence-electron chi connectivity index (χ0n) is 16.7. The minimum absolute atomic E-state index is 0.332. The third-order valence-corrected chi connectivity index (χ3v) is 6.18. The maximum atomic E-state index is 6.24. The lowest BCUT2D eigenvalue weighted by Crippen LogP contribution is -2.44. The van der Waals surface area contributed by atoms with E-state index in [4.69, 9.17) is 14.4 Å². The molecule has 2 aromatic rings. The topological polar surface area (TPSA) is 42.8 Å². The molecule has 140 valence electrons. The maximum absolute atomic E-state index is 6.24. The number of benzene rings is 1. The Balaban J connectivity index is 1.70. The van der Waals surface area contributed by atoms with Gasteiger partial charge in [0.25, 0.3) is 0 Å². The van der Waals surface area contributed by atoms with Gasteiger partial charge in [-0.3, -0.25) is 4.68 Å². The molecule has 2 aliphatic heterocycles. The summed E-state index contributed by atoms with van der Waals surface area (Å²) >= 11 is 0. The standard InChI is InChI=1S/C19H29BN4O2/c1-18(2)19(3,4)26-20(25-18)14-7-8-16-15(13-14)17(21-23(16)6)24-11-9-22(5)10-12-24/h7-8,13H,9-12H2,1-6H3. The highest BCUT2D eigenvalue weighted by molar-refractivity contribution is 6.62. The average Bonchev–Trinajstić information content (AvgIpc) is 3.01. The molecule has 6 nitrogen and oxygen atoms in total. The predicted molar refractivity (Wildman–Crippen MR) is 106 cm³/mol. The van der Waals surface area contributed by atoms with E-state index < -0.39 is 0 Å². The molecule has 3 heterocycles. The van der Waals surface area contributed by atoms with Gasteiger partial charge in [0.2, 0.25) is 0 Å². The minimum Gasteiger partial charge on any atom is -0.399 e. The summed E-state index contributed by atoms with van der Waals surface area (Å²) in [4.78, 5) is 4.74. The molecule has 1 aromatic carbocycles. The monoisotopic (exact) mass is 356 g/mol. The molecule has 0 unspecified atom stereocenters. The quantitative estimate of drug-likeness (QED) is 0.766. The number of nitrogens with zero attached hydrogens (tertiary/aromatic N) is 4. The zero-order valence-corrected chi connectivity index (χ0v) is 16.7. The van der Waals surface area contributed by atoms with Crippen molar-refractivity contribution in [3.8, 4) is 0 Å². The molecule has 2 fully saturated rings. The molecule has 0 amide bonds. The highest BCUT2D eigenvalue weighted by atomic mass is 16.7. The number of aromatic nitrogens is 2. The summed E-state index contributed by atoms with van der Waals surface area (Å²) in [5.74, 6) is 1.06. The number of hydrogen-bond donors (Lipinski definition) is 0. The van der Waals surface area contributed by atoms with E-state index in [1.165, 1.54) is 5.39 Å². The summed E-state index contributed by atoms with van der Waals surface area (Å²) in [5.41, 5.74) is 1.53. The molecule has 0 radical (unpaired) electrons. The Hall–Kier alpha value is -1.57. The number of hydrogen-bond acceptors (Lipinski definition) is 5. The summed E-state index contributed by atoms with van der Waals surface area (Å²) in [6, 6.07) is 6.42. The first-order chi connectivity index (χ1) is 12.2. The third kappa shape index (κ3) is 2.82. The smallest absolute Gasteiger partial charge is 0.399 e. The van der Waals surface area contributed by atoms with Crippen LogP contribution >= 0.6 is 0 Å². The molecular weight excluding hydrogens is 327 g/mol. The van der Waals surface area contributed by atoms with Gasteiger partial charge in [0.15, 0.2) is 5.82 Å². The summed E-state index contributed by atoms with van der Waals surface area (Å²) in [7, 11) is 3.84. The molecule has 2 aliphatic rings. The van der Waals surface area contributed by atoms with Gasteiger partial charge in [-0.1, -0.05) is 6.07 Å². The van der Waals surface area contributed by atoms with Crippen LogP contribution in [0, 0.1) is 0 Å². The van der Waals surface area contributed by atoms with Crippen LogP contribution in [0.1, 0.15) is 27.7 Å². The predicted octanol–water partition coefficient (Wildman–Crippen LogP) is 1.62. The Morgan fingerprint density at radius 1 is 0.962 bits per heavy atom. The first-order valence-electron chi connectivity index (χ1n) is 9.44. The SMILES string of the molecule is CN1CCN(c2nn(C)c3ccc(B4OC(C)(C)C(C)(C)O4)cc23)CC1. The van der Waals surface area contributed by atoms with Crippen LogP contribution in [0.5, 0.6) is 0 Å². The first-order valence-corrected chi connectivity index (χ1v) is 9.44. The van der Waals surface area contributed by atoms with Gasteiger partial charge >= 0.3 is 7.12 Å². The molecule has 0 N–H and O–H groups in total. The van der Waals surface area contributed by atoms with Gasteiger partial charge in [-0.05, 0) is 52.3 Å². The molecule has 1 aromatic heterocycles. The van der Waals surface area contributed by atoms with Crippen molar-refractivity contribution in [1.29, 1.82) is 0 Å². The number of rotatable bonds is 2. The van der Waals surface area contributed by atoms with E-state index >= 15 is 0 Å². The molecule has 2 saturated heterocycles. The van der Waals surface area contributed by atoms with Crippen LogP contribution < -0.4 is 10.4 Å². The highest BCUT2D eigenvalue weighted by Gasteiger charge is 2.51. The molecule has 7 heteroatoms. The Labute approximate surface area is 156 Å². The van der Waals surface area contributed by atoms with E-state index in [9.17, 15) is 0 Å². The van der Waals surface area contributed by atoms with E-state index in [0.29, 0.717) is 0 Å². The van der Waals surface area contributed by atoms with Crippen LogP contribution in [0.2, 0.25) is 0 Å². The van der Waals surface area contributed by atoms with Crippen LogP contribution in [-0.4, -0.2) is 66.2 Å². The van der Waals surface area contributed by atoms with Crippen LogP contribution in [0.3, 0.4) is 0 Å². The van der Waals surface area contributed by atoms with E-state index in [0.717, 1.165) is 43.0 Å². The number of piperazine rings is 1. The first kappa shape index (κ1) is 17.8. The van der Waals surface area contributed by atoms with Crippen molar-refractivity contribution in [2.45, 2.75) is 38.9 Å². The van der Waals surface area contributed by atoms with Crippen molar-refractivity contribution >= 4 is 29.3 Å². The van der Waals surface area contributed by atoms with E-state index in [-0.39, 0.29) is 18.3 Å². The number of fused-ring (bicyclic) bond motifs is 1. The largest absolute Gasteiger partial charge is 0.494 e. The van der Waals surface area contributed by atoms with E-state index in [1.807, 2.05) is 11.7 Å². The number of anilines is 1. The summed E-state index contributed by atoms with van der Waals surface area (Å²) < 4.78 is 14.4. The summed E-state index contributed by atoms with van der Waals surface area (Å²) in [6.45, 7) is 12.5. The fraction of sp³-hybridized carbons (Fsp3) is 0.632. The van der Waals surface area contributed by atoms with Crippen molar-refractivity contribution in [3.05, 3.63) is 18.2 Å². The normalized spacial score (nSPS) is 23.2. The van der Waals surface area contributed by atoms with Gasteiger partial charge in [-0.25, -0.2) is 0 Å². The van der Waals surface area contributed by atoms with Gasteiger partial charge in [-0.2, -0.15) is 5.10 Å². The zero-order chi connectivity index (χ0) is 18.7. The Bertz CT molecular complexity index is 808. The molecule has 4 rings (SSSR count). The van der Waals surface area contributed by atoms with Gasteiger partial charge < -0.3 is 19.1 Å². The molecule has 26 heavy (non-hydrogen) atoms. The molecular formula is C19H29BN4O2. The van der Waals surface area contributed by atoms with Gasteiger partial charge in [0.05, 0.1) is 16.7 Å². The molecule has 0 saturated carbocycles. The van der Waals surface area contributed by atoms with E-state index in [1.54, 1.807) is 0 Å². The summed E-state index contributed by atoms with van der Waals surface area (Å²) in [6.07, 6.45) is 0. The van der Waals surface area contributed by atoms with E-state index in [2.05, 4.69) is 62.7 Å². The lowest BCUT2D eigenvalue weighted by atomic mass is 9.78. The number of likely N-dealkylation sites (N-methyl/N-ethyl adjacent to an activating group) is 1. The van der Waals surface area contributed by atoms with Gasteiger partial charge in [0, 0.05) is 38.6 Å². The Morgan fingerprint density at radius 2 is 1.58 bits per heavy atom. The van der Waals surface area contributed by atoms with Crippen LogP contribution in [0.4, 0.5) is 5.82 Å². The second-order valence-electron chi connectivity index (χ2n) is 8.60.